The van der Waals surface area contributed by atoms with E-state index in [1.807, 2.05) is 0 Å². The molecule has 2 N–H and O–H groups in total. The number of benzene rings is 2. The fourth-order valence-electron chi connectivity index (χ4n) is 2.19. The third kappa shape index (κ3) is 4.40. The van der Waals surface area contributed by atoms with Crippen LogP contribution in [0.25, 0.3) is 0 Å². The maximum absolute atomic E-state index is 13.6. The molecule has 0 atom stereocenters. The molecule has 5 nitrogen and oxygen atoms in total. The number of nitrogens with zero attached hydrogens (tertiary/aromatic N) is 2. The van der Waals surface area contributed by atoms with E-state index in [4.69, 9.17) is 0 Å². The Kier molecular flexibility index (Phi) is 5.21. The summed E-state index contributed by atoms with van der Waals surface area (Å²) in [5.41, 5.74) is -1.27. The molecular formula is C18H11F5N4O. The largest absolute Gasteiger partial charge is 0.416 e. The van der Waals surface area contributed by atoms with Gasteiger partial charge in [-0.2, -0.15) is 13.2 Å². The second-order valence-electron chi connectivity index (χ2n) is 5.54. The summed E-state index contributed by atoms with van der Waals surface area (Å²) in [7, 11) is 0. The lowest BCUT2D eigenvalue weighted by Crippen LogP contribution is -2.14. The summed E-state index contributed by atoms with van der Waals surface area (Å²) in [6.45, 7) is 0. The summed E-state index contributed by atoms with van der Waals surface area (Å²) in [6.07, 6.45) is -2.33. The van der Waals surface area contributed by atoms with Crippen molar-refractivity contribution in [1.82, 2.24) is 9.97 Å². The second-order valence-corrected chi connectivity index (χ2v) is 5.54. The molecule has 3 aromatic rings. The van der Waals surface area contributed by atoms with E-state index < -0.39 is 35.0 Å². The van der Waals surface area contributed by atoms with Crippen molar-refractivity contribution in [3.63, 3.8) is 0 Å². The molecule has 0 saturated heterocycles. The molecule has 28 heavy (non-hydrogen) atoms. The van der Waals surface area contributed by atoms with Crippen LogP contribution in [-0.4, -0.2) is 15.9 Å². The van der Waals surface area contributed by atoms with Crippen LogP contribution in [-0.2, 0) is 6.18 Å². The third-order valence-electron chi connectivity index (χ3n) is 3.57. The molecule has 1 heterocycles. The number of para-hydroxylation sites is 1. The number of amides is 1. The highest BCUT2D eigenvalue weighted by molar-refractivity contribution is 6.02. The Bertz CT molecular complexity index is 968. The summed E-state index contributed by atoms with van der Waals surface area (Å²) in [6, 6.07) is 7.19. The van der Waals surface area contributed by atoms with Gasteiger partial charge >= 0.3 is 6.18 Å². The van der Waals surface area contributed by atoms with Crippen LogP contribution in [0.15, 0.2) is 54.9 Å². The van der Waals surface area contributed by atoms with Crippen molar-refractivity contribution in [3.05, 3.63) is 77.8 Å². The van der Waals surface area contributed by atoms with Gasteiger partial charge in [0.15, 0.2) is 0 Å². The number of halogens is 5. The Morgan fingerprint density at radius 1 is 0.893 bits per heavy atom. The SMILES string of the molecule is O=C(Nc1ccc(C(F)(F)F)cc1)c1cnc(Nc2c(F)cccc2F)cn1. The van der Waals surface area contributed by atoms with Crippen LogP contribution in [0, 0.1) is 11.6 Å². The highest BCUT2D eigenvalue weighted by Crippen LogP contribution is 2.29. The summed E-state index contributed by atoms with van der Waals surface area (Å²) >= 11 is 0. The van der Waals surface area contributed by atoms with Crippen molar-refractivity contribution in [2.24, 2.45) is 0 Å². The molecule has 3 rings (SSSR count). The van der Waals surface area contributed by atoms with Gasteiger partial charge in [0.1, 0.15) is 28.8 Å². The fraction of sp³-hybridized carbons (Fsp3) is 0.0556. The number of carbonyl (C=O) groups excluding carboxylic acids is 1. The Morgan fingerprint density at radius 3 is 2.07 bits per heavy atom. The lowest BCUT2D eigenvalue weighted by molar-refractivity contribution is -0.137. The number of hydrogen-bond acceptors (Lipinski definition) is 4. The fourth-order valence-corrected chi connectivity index (χ4v) is 2.19. The minimum Gasteiger partial charge on any atom is -0.334 e. The molecule has 0 spiro atoms. The van der Waals surface area contributed by atoms with Gasteiger partial charge in [0, 0.05) is 5.69 Å². The van der Waals surface area contributed by atoms with E-state index in [1.54, 1.807) is 0 Å². The van der Waals surface area contributed by atoms with Gasteiger partial charge in [0.05, 0.1) is 18.0 Å². The van der Waals surface area contributed by atoms with E-state index in [1.165, 1.54) is 6.07 Å². The zero-order chi connectivity index (χ0) is 20.3. The van der Waals surface area contributed by atoms with Crippen LogP contribution in [0.3, 0.4) is 0 Å². The maximum Gasteiger partial charge on any atom is 0.416 e. The van der Waals surface area contributed by atoms with Crippen LogP contribution in [0.4, 0.5) is 39.1 Å². The minimum atomic E-state index is -4.48. The Morgan fingerprint density at radius 2 is 1.54 bits per heavy atom. The van der Waals surface area contributed by atoms with Gasteiger partial charge in [-0.1, -0.05) is 6.07 Å². The van der Waals surface area contributed by atoms with Gasteiger partial charge in [-0.3, -0.25) is 4.79 Å². The highest BCUT2D eigenvalue weighted by atomic mass is 19.4. The molecule has 2 aromatic carbocycles. The number of rotatable bonds is 4. The van der Waals surface area contributed by atoms with Gasteiger partial charge in [-0.15, -0.1) is 0 Å². The number of hydrogen-bond donors (Lipinski definition) is 2. The lowest BCUT2D eigenvalue weighted by atomic mass is 10.2. The van der Waals surface area contributed by atoms with E-state index >= 15 is 0 Å². The Balaban J connectivity index is 1.68. The summed E-state index contributed by atoms with van der Waals surface area (Å²) in [5, 5.41) is 4.79. The molecule has 0 aliphatic heterocycles. The number of anilines is 3. The first-order valence-electron chi connectivity index (χ1n) is 7.76. The van der Waals surface area contributed by atoms with Crippen molar-refractivity contribution in [3.8, 4) is 0 Å². The molecule has 0 saturated carbocycles. The van der Waals surface area contributed by atoms with Crippen LogP contribution in [0.2, 0.25) is 0 Å². The van der Waals surface area contributed by atoms with Crippen LogP contribution in [0.5, 0.6) is 0 Å². The molecule has 0 fully saturated rings. The second kappa shape index (κ2) is 7.59. The van der Waals surface area contributed by atoms with Gasteiger partial charge in [0.2, 0.25) is 0 Å². The molecule has 0 bridgehead atoms. The zero-order valence-electron chi connectivity index (χ0n) is 13.9. The number of carbonyl (C=O) groups is 1. The van der Waals surface area contributed by atoms with Crippen molar-refractivity contribution in [1.29, 1.82) is 0 Å². The van der Waals surface area contributed by atoms with E-state index in [0.29, 0.717) is 0 Å². The monoisotopic (exact) mass is 394 g/mol. The predicted octanol–water partition coefficient (Wildman–Crippen LogP) is 4.77. The zero-order valence-corrected chi connectivity index (χ0v) is 13.9. The van der Waals surface area contributed by atoms with E-state index in [9.17, 15) is 26.7 Å². The van der Waals surface area contributed by atoms with E-state index in [-0.39, 0.29) is 17.2 Å². The van der Waals surface area contributed by atoms with Crippen molar-refractivity contribution < 1.29 is 26.7 Å². The molecule has 0 radical (unpaired) electrons. The molecule has 1 amide bonds. The molecule has 0 aliphatic carbocycles. The lowest BCUT2D eigenvalue weighted by Gasteiger charge is -2.09. The molecule has 10 heteroatoms. The normalized spacial score (nSPS) is 11.2. The van der Waals surface area contributed by atoms with Gasteiger partial charge < -0.3 is 10.6 Å². The molecule has 0 unspecified atom stereocenters. The number of aromatic nitrogens is 2. The van der Waals surface area contributed by atoms with Gasteiger partial charge in [-0.25, -0.2) is 18.7 Å². The van der Waals surface area contributed by atoms with Gasteiger partial charge in [-0.05, 0) is 36.4 Å². The molecular weight excluding hydrogens is 383 g/mol. The number of alkyl halides is 3. The summed E-state index contributed by atoms with van der Waals surface area (Å²) < 4.78 is 64.8. The average Bonchev–Trinajstić information content (AvgIpc) is 2.65. The summed E-state index contributed by atoms with van der Waals surface area (Å²) in [5.74, 6) is -2.37. The molecule has 0 aliphatic rings. The smallest absolute Gasteiger partial charge is 0.334 e. The molecule has 1 aromatic heterocycles. The van der Waals surface area contributed by atoms with Crippen molar-refractivity contribution >= 4 is 23.1 Å². The maximum atomic E-state index is 13.6. The standard InChI is InChI=1S/C18H11F5N4O/c19-12-2-1-3-13(20)16(12)27-15-9-24-14(8-25-15)17(28)26-11-6-4-10(5-7-11)18(21,22)23/h1-9H,(H,25,27)(H,26,28). The van der Waals surface area contributed by atoms with Crippen molar-refractivity contribution in [2.75, 3.05) is 10.6 Å². The van der Waals surface area contributed by atoms with Crippen LogP contribution < -0.4 is 10.6 Å². The first-order chi connectivity index (χ1) is 13.2. The number of nitrogens with one attached hydrogen (secondary N) is 2. The predicted molar refractivity (Wildman–Crippen MR) is 91.1 cm³/mol. The van der Waals surface area contributed by atoms with E-state index in [0.717, 1.165) is 48.8 Å². The molecule has 144 valence electrons. The van der Waals surface area contributed by atoms with Gasteiger partial charge in [0.25, 0.3) is 5.91 Å². The summed E-state index contributed by atoms with van der Waals surface area (Å²) in [4.78, 5) is 19.8. The quantitative estimate of drug-likeness (QED) is 0.626. The first-order valence-corrected chi connectivity index (χ1v) is 7.76. The first kappa shape index (κ1) is 19.2. The minimum absolute atomic E-state index is 0.00456. The topological polar surface area (TPSA) is 66.9 Å². The van der Waals surface area contributed by atoms with Crippen LogP contribution >= 0.6 is 0 Å². The van der Waals surface area contributed by atoms with Crippen molar-refractivity contribution in [2.45, 2.75) is 6.18 Å². The Hall–Kier alpha value is -3.56. The third-order valence-corrected chi connectivity index (χ3v) is 3.57. The average molecular weight is 394 g/mol. The van der Waals surface area contributed by atoms with E-state index in [2.05, 4.69) is 20.6 Å². The van der Waals surface area contributed by atoms with Crippen LogP contribution in [0.1, 0.15) is 16.1 Å². The Labute approximate surface area is 155 Å². The highest BCUT2D eigenvalue weighted by Gasteiger charge is 2.30.